The van der Waals surface area contributed by atoms with Crippen LogP contribution < -0.4 is 0 Å². The van der Waals surface area contributed by atoms with Crippen LogP contribution in [0.25, 0.3) is 0 Å². The van der Waals surface area contributed by atoms with E-state index in [-0.39, 0.29) is 11.9 Å². The Bertz CT molecular complexity index is 504. The molecule has 1 heterocycles. The van der Waals surface area contributed by atoms with Crippen molar-refractivity contribution in [1.29, 1.82) is 0 Å². The van der Waals surface area contributed by atoms with Gasteiger partial charge in [-0.25, -0.2) is 4.79 Å². The van der Waals surface area contributed by atoms with Crippen LogP contribution >= 0.6 is 0 Å². The number of aryl methyl sites for hydroxylation is 2. The van der Waals surface area contributed by atoms with Crippen LogP contribution in [0.5, 0.6) is 0 Å². The molecule has 1 saturated heterocycles. The molecule has 4 nitrogen and oxygen atoms in total. The van der Waals surface area contributed by atoms with Gasteiger partial charge in [-0.15, -0.1) is 0 Å². The molecule has 1 fully saturated rings. The summed E-state index contributed by atoms with van der Waals surface area (Å²) < 4.78 is 4.83. The number of rotatable bonds is 2. The molecule has 4 heteroatoms. The Kier molecular flexibility index (Phi) is 4.42. The lowest BCUT2D eigenvalue weighted by Crippen LogP contribution is -2.48. The summed E-state index contributed by atoms with van der Waals surface area (Å²) in [6.07, 6.45) is 2.57. The SMILES string of the molecule is COC(=O)C1CCCCN1C(=O)c1c(C)cccc1C. The highest BCUT2D eigenvalue weighted by atomic mass is 16.5. The van der Waals surface area contributed by atoms with Crippen LogP contribution in [-0.2, 0) is 9.53 Å². The van der Waals surface area contributed by atoms with Crippen LogP contribution in [0.15, 0.2) is 18.2 Å². The highest BCUT2D eigenvalue weighted by Crippen LogP contribution is 2.23. The molecule has 0 saturated carbocycles. The molecule has 1 aliphatic heterocycles. The zero-order valence-electron chi connectivity index (χ0n) is 12.3. The third-order valence-electron chi connectivity index (χ3n) is 3.93. The van der Waals surface area contributed by atoms with Crippen LogP contribution in [0.4, 0.5) is 0 Å². The second-order valence-corrected chi connectivity index (χ2v) is 5.30. The Balaban J connectivity index is 2.33. The summed E-state index contributed by atoms with van der Waals surface area (Å²) in [6, 6.07) is 5.35. The van der Waals surface area contributed by atoms with Crippen LogP contribution in [0.3, 0.4) is 0 Å². The van der Waals surface area contributed by atoms with E-state index in [1.165, 1.54) is 7.11 Å². The van der Waals surface area contributed by atoms with Gasteiger partial charge < -0.3 is 9.64 Å². The second-order valence-electron chi connectivity index (χ2n) is 5.30. The Morgan fingerprint density at radius 1 is 1.20 bits per heavy atom. The van der Waals surface area contributed by atoms with E-state index in [0.717, 1.165) is 24.0 Å². The number of methoxy groups -OCH3 is 1. The van der Waals surface area contributed by atoms with E-state index in [2.05, 4.69) is 0 Å². The summed E-state index contributed by atoms with van der Waals surface area (Å²) in [6.45, 7) is 4.47. The number of carbonyl (C=O) groups excluding carboxylic acids is 2. The Morgan fingerprint density at radius 2 is 1.85 bits per heavy atom. The number of amides is 1. The van der Waals surface area contributed by atoms with Gasteiger partial charge in [0.1, 0.15) is 6.04 Å². The number of likely N-dealkylation sites (tertiary alicyclic amines) is 1. The van der Waals surface area contributed by atoms with E-state index < -0.39 is 6.04 Å². The first-order chi connectivity index (χ1) is 9.56. The predicted octanol–water partition coefficient (Wildman–Crippen LogP) is 2.47. The summed E-state index contributed by atoms with van der Waals surface area (Å²) >= 11 is 0. The van der Waals surface area contributed by atoms with Crippen LogP contribution in [0.2, 0.25) is 0 Å². The fraction of sp³-hybridized carbons (Fsp3) is 0.500. The van der Waals surface area contributed by atoms with E-state index in [9.17, 15) is 9.59 Å². The lowest BCUT2D eigenvalue weighted by atomic mass is 9.97. The molecule has 0 N–H and O–H groups in total. The predicted molar refractivity (Wildman–Crippen MR) is 76.6 cm³/mol. The highest BCUT2D eigenvalue weighted by molar-refractivity contribution is 5.99. The normalized spacial score (nSPS) is 18.8. The summed E-state index contributed by atoms with van der Waals surface area (Å²) in [7, 11) is 1.37. The number of carbonyl (C=O) groups is 2. The maximum Gasteiger partial charge on any atom is 0.328 e. The molecule has 0 bridgehead atoms. The maximum atomic E-state index is 12.8. The van der Waals surface area contributed by atoms with Crippen molar-refractivity contribution in [3.63, 3.8) is 0 Å². The molecule has 1 aliphatic rings. The topological polar surface area (TPSA) is 46.6 Å². The molecule has 0 radical (unpaired) electrons. The minimum absolute atomic E-state index is 0.0595. The number of benzene rings is 1. The first kappa shape index (κ1) is 14.6. The van der Waals surface area contributed by atoms with E-state index >= 15 is 0 Å². The average Bonchev–Trinajstić information content (AvgIpc) is 2.46. The van der Waals surface area contributed by atoms with Crippen molar-refractivity contribution in [2.24, 2.45) is 0 Å². The minimum atomic E-state index is -0.444. The van der Waals surface area contributed by atoms with Crippen molar-refractivity contribution < 1.29 is 14.3 Å². The molecule has 0 aromatic heterocycles. The third kappa shape index (κ3) is 2.69. The fourth-order valence-corrected chi connectivity index (χ4v) is 2.85. The van der Waals surface area contributed by atoms with Gasteiger partial charge in [0.15, 0.2) is 0 Å². The zero-order valence-corrected chi connectivity index (χ0v) is 12.3. The smallest absolute Gasteiger partial charge is 0.328 e. The van der Waals surface area contributed by atoms with Crippen molar-refractivity contribution in [2.45, 2.75) is 39.2 Å². The van der Waals surface area contributed by atoms with E-state index in [1.54, 1.807) is 4.90 Å². The monoisotopic (exact) mass is 275 g/mol. The Morgan fingerprint density at radius 3 is 2.45 bits per heavy atom. The molecule has 2 rings (SSSR count). The third-order valence-corrected chi connectivity index (χ3v) is 3.93. The summed E-state index contributed by atoms with van der Waals surface area (Å²) in [5.41, 5.74) is 2.61. The number of nitrogens with zero attached hydrogens (tertiary/aromatic N) is 1. The molecule has 1 aromatic rings. The Labute approximate surface area is 119 Å². The highest BCUT2D eigenvalue weighted by Gasteiger charge is 2.34. The van der Waals surface area contributed by atoms with Crippen LogP contribution in [0, 0.1) is 13.8 Å². The van der Waals surface area contributed by atoms with Gasteiger partial charge in [0.2, 0.25) is 0 Å². The molecule has 108 valence electrons. The molecule has 1 amide bonds. The maximum absolute atomic E-state index is 12.8. The molecule has 1 aromatic carbocycles. The van der Waals surface area contributed by atoms with Gasteiger partial charge in [0, 0.05) is 12.1 Å². The number of piperidine rings is 1. The second kappa shape index (κ2) is 6.07. The first-order valence-corrected chi connectivity index (χ1v) is 7.01. The van der Waals surface area contributed by atoms with Crippen molar-refractivity contribution >= 4 is 11.9 Å². The minimum Gasteiger partial charge on any atom is -0.467 e. The van der Waals surface area contributed by atoms with Crippen LogP contribution in [-0.4, -0.2) is 36.5 Å². The molecule has 0 spiro atoms. The molecule has 20 heavy (non-hydrogen) atoms. The van der Waals surface area contributed by atoms with Crippen molar-refractivity contribution in [3.8, 4) is 0 Å². The number of hydrogen-bond donors (Lipinski definition) is 0. The standard InChI is InChI=1S/C16H21NO3/c1-11-7-6-8-12(2)14(11)15(18)17-10-5-4-9-13(17)16(19)20-3/h6-8,13H,4-5,9-10H2,1-3H3. The molecular formula is C16H21NO3. The summed E-state index contributed by atoms with van der Waals surface area (Å²) in [5, 5.41) is 0. The molecule has 0 aliphatic carbocycles. The lowest BCUT2D eigenvalue weighted by molar-refractivity contribution is -0.147. The quantitative estimate of drug-likeness (QED) is 0.779. The van der Waals surface area contributed by atoms with Gasteiger partial charge in [0.05, 0.1) is 7.11 Å². The first-order valence-electron chi connectivity index (χ1n) is 7.01. The van der Waals surface area contributed by atoms with E-state index in [0.29, 0.717) is 18.5 Å². The summed E-state index contributed by atoms with van der Waals surface area (Å²) in [4.78, 5) is 26.3. The van der Waals surface area contributed by atoms with Gasteiger partial charge in [-0.1, -0.05) is 18.2 Å². The number of hydrogen-bond acceptors (Lipinski definition) is 3. The molecule has 1 atom stereocenters. The van der Waals surface area contributed by atoms with Gasteiger partial charge >= 0.3 is 5.97 Å². The fourth-order valence-electron chi connectivity index (χ4n) is 2.85. The van der Waals surface area contributed by atoms with Crippen molar-refractivity contribution in [1.82, 2.24) is 4.90 Å². The van der Waals surface area contributed by atoms with E-state index in [1.807, 2.05) is 32.0 Å². The lowest BCUT2D eigenvalue weighted by Gasteiger charge is -2.34. The average molecular weight is 275 g/mol. The molecular weight excluding hydrogens is 254 g/mol. The Hall–Kier alpha value is -1.84. The van der Waals surface area contributed by atoms with Gasteiger partial charge in [0.25, 0.3) is 5.91 Å². The van der Waals surface area contributed by atoms with Crippen LogP contribution in [0.1, 0.15) is 40.7 Å². The van der Waals surface area contributed by atoms with Gasteiger partial charge in [-0.2, -0.15) is 0 Å². The van der Waals surface area contributed by atoms with E-state index in [4.69, 9.17) is 4.74 Å². The number of esters is 1. The number of ether oxygens (including phenoxy) is 1. The van der Waals surface area contributed by atoms with Crippen molar-refractivity contribution in [3.05, 3.63) is 34.9 Å². The summed E-state index contributed by atoms with van der Waals surface area (Å²) in [5.74, 6) is -0.375. The largest absolute Gasteiger partial charge is 0.467 e. The molecule has 1 unspecified atom stereocenters. The van der Waals surface area contributed by atoms with Crippen molar-refractivity contribution in [2.75, 3.05) is 13.7 Å². The zero-order chi connectivity index (χ0) is 14.7. The van der Waals surface area contributed by atoms with Gasteiger partial charge in [-0.3, -0.25) is 4.79 Å². The van der Waals surface area contributed by atoms with Gasteiger partial charge in [-0.05, 0) is 44.2 Å².